The zero-order valence-electron chi connectivity index (χ0n) is 12.6. The largest absolute Gasteiger partial charge is 0.164 e. The fourth-order valence-corrected chi connectivity index (χ4v) is 3.20. The molecule has 0 N–H and O–H groups in total. The number of aryl methyl sites for hydroxylation is 1. The van der Waals surface area contributed by atoms with Gasteiger partial charge in [0.2, 0.25) is 0 Å². The Morgan fingerprint density at radius 2 is 1.45 bits per heavy atom. The van der Waals surface area contributed by atoms with Crippen LogP contribution in [-0.2, 0) is 32.6 Å². The smallest absolute Gasteiger partial charge is 0 e. The average molecular weight is 361 g/mol. The Morgan fingerprint density at radius 3 is 2.27 bits per heavy atom. The van der Waals surface area contributed by atoms with E-state index in [2.05, 4.69) is 79.7 Å². The number of benzene rings is 3. The van der Waals surface area contributed by atoms with Gasteiger partial charge in [-0.15, -0.1) is 34.5 Å². The molecule has 0 radical (unpaired) electrons. The van der Waals surface area contributed by atoms with E-state index in [9.17, 15) is 0 Å². The maximum absolute atomic E-state index is 2.34. The Morgan fingerprint density at radius 1 is 0.773 bits per heavy atom. The maximum atomic E-state index is 2.34. The third-order valence-electron chi connectivity index (χ3n) is 4.30. The van der Waals surface area contributed by atoms with E-state index >= 15 is 0 Å². The fourth-order valence-electron chi connectivity index (χ4n) is 3.20. The fraction of sp³-hybridized carbons (Fsp3) is 0.0952. The molecule has 0 spiro atoms. The van der Waals surface area contributed by atoms with Gasteiger partial charge in [-0.3, -0.25) is 0 Å². The van der Waals surface area contributed by atoms with Gasteiger partial charge < -0.3 is 0 Å². The molecule has 106 valence electrons. The summed E-state index contributed by atoms with van der Waals surface area (Å²) in [5.41, 5.74) is 4.08. The molecule has 4 aromatic carbocycles. The standard InChI is InChI=1S/C21H17.Zr/c1-2-15-13-17-9-6-12-20(21(17)14-15)19-11-5-8-16-7-3-4-10-18(16)19;/h3-14H,2H2,1H3;/q-1;. The quantitative estimate of drug-likeness (QED) is 0.388. The first-order valence-electron chi connectivity index (χ1n) is 7.53. The van der Waals surface area contributed by atoms with Crippen LogP contribution < -0.4 is 0 Å². The zero-order valence-corrected chi connectivity index (χ0v) is 15.1. The molecule has 0 aliphatic heterocycles. The van der Waals surface area contributed by atoms with Crippen LogP contribution in [0.5, 0.6) is 0 Å². The summed E-state index contributed by atoms with van der Waals surface area (Å²) in [6.45, 7) is 2.21. The molecule has 0 aliphatic rings. The third kappa shape index (κ3) is 2.48. The van der Waals surface area contributed by atoms with Gasteiger partial charge in [0.1, 0.15) is 0 Å². The van der Waals surface area contributed by atoms with E-state index in [1.165, 1.54) is 38.2 Å². The molecular weight excluding hydrogens is 343 g/mol. The van der Waals surface area contributed by atoms with Crippen molar-refractivity contribution in [1.29, 1.82) is 0 Å². The van der Waals surface area contributed by atoms with E-state index in [1.54, 1.807) is 0 Å². The maximum Gasteiger partial charge on any atom is 0 e. The second-order valence-corrected chi connectivity index (χ2v) is 5.55. The van der Waals surface area contributed by atoms with Gasteiger partial charge in [0.15, 0.2) is 0 Å². The van der Waals surface area contributed by atoms with Crippen molar-refractivity contribution in [2.75, 3.05) is 0 Å². The minimum absolute atomic E-state index is 0. The molecule has 0 bridgehead atoms. The van der Waals surface area contributed by atoms with Crippen molar-refractivity contribution < 1.29 is 26.2 Å². The second kappa shape index (κ2) is 6.26. The van der Waals surface area contributed by atoms with E-state index < -0.39 is 0 Å². The van der Waals surface area contributed by atoms with Gasteiger partial charge >= 0.3 is 0 Å². The van der Waals surface area contributed by atoms with E-state index in [0.717, 1.165) is 6.42 Å². The van der Waals surface area contributed by atoms with Crippen LogP contribution in [0.4, 0.5) is 0 Å². The molecule has 0 aromatic heterocycles. The molecule has 0 unspecified atom stereocenters. The molecule has 0 amide bonds. The van der Waals surface area contributed by atoms with Gasteiger partial charge in [0, 0.05) is 26.2 Å². The second-order valence-electron chi connectivity index (χ2n) is 5.55. The molecule has 0 saturated carbocycles. The molecule has 0 saturated heterocycles. The number of rotatable bonds is 2. The molecule has 0 aliphatic carbocycles. The molecule has 4 rings (SSSR count). The van der Waals surface area contributed by atoms with Gasteiger partial charge in [-0.2, -0.15) is 6.07 Å². The van der Waals surface area contributed by atoms with Crippen molar-refractivity contribution in [1.82, 2.24) is 0 Å². The van der Waals surface area contributed by atoms with Gasteiger partial charge in [0.05, 0.1) is 0 Å². The van der Waals surface area contributed by atoms with Crippen molar-refractivity contribution in [3.63, 3.8) is 0 Å². The Hall–Kier alpha value is -1.59. The van der Waals surface area contributed by atoms with E-state index in [1.807, 2.05) is 0 Å². The molecule has 22 heavy (non-hydrogen) atoms. The monoisotopic (exact) mass is 359 g/mol. The SMILES string of the molecule is CCc1cc2c(-c3cccc4ccccc34)cccc2[cH-]1.[Zr]. The first-order chi connectivity index (χ1) is 10.4. The van der Waals surface area contributed by atoms with Gasteiger partial charge in [0.25, 0.3) is 0 Å². The zero-order chi connectivity index (χ0) is 14.2. The third-order valence-corrected chi connectivity index (χ3v) is 4.30. The van der Waals surface area contributed by atoms with Crippen molar-refractivity contribution in [3.05, 3.63) is 78.4 Å². The molecule has 0 heterocycles. The number of fused-ring (bicyclic) bond motifs is 2. The van der Waals surface area contributed by atoms with Gasteiger partial charge in [-0.1, -0.05) is 61.0 Å². The Labute approximate surface area is 150 Å². The first kappa shape index (κ1) is 15.3. The number of hydrogen-bond donors (Lipinski definition) is 0. The molecular formula is C21H17Zr-. The van der Waals surface area contributed by atoms with Crippen LogP contribution in [0.25, 0.3) is 32.7 Å². The predicted molar refractivity (Wildman–Crippen MR) is 91.9 cm³/mol. The predicted octanol–water partition coefficient (Wildman–Crippen LogP) is 5.94. The summed E-state index contributed by atoms with van der Waals surface area (Å²) in [4.78, 5) is 0. The van der Waals surface area contributed by atoms with Crippen LogP contribution in [0.15, 0.2) is 72.8 Å². The molecule has 0 atom stereocenters. The van der Waals surface area contributed by atoms with Crippen LogP contribution >= 0.6 is 0 Å². The molecule has 1 heteroatoms. The van der Waals surface area contributed by atoms with Crippen LogP contribution in [0.2, 0.25) is 0 Å². The van der Waals surface area contributed by atoms with Crippen LogP contribution in [0.1, 0.15) is 12.5 Å². The number of hydrogen-bond acceptors (Lipinski definition) is 0. The van der Waals surface area contributed by atoms with Gasteiger partial charge in [-0.25, -0.2) is 0 Å². The minimum atomic E-state index is 0. The van der Waals surface area contributed by atoms with Crippen molar-refractivity contribution in [2.45, 2.75) is 13.3 Å². The Balaban J connectivity index is 0.00000144. The van der Waals surface area contributed by atoms with Crippen LogP contribution in [0, 0.1) is 0 Å². The summed E-state index contributed by atoms with van der Waals surface area (Å²) in [6.07, 6.45) is 1.09. The summed E-state index contributed by atoms with van der Waals surface area (Å²) in [5.74, 6) is 0. The van der Waals surface area contributed by atoms with E-state index in [0.29, 0.717) is 0 Å². The van der Waals surface area contributed by atoms with Crippen LogP contribution in [0.3, 0.4) is 0 Å². The Bertz CT molecular complexity index is 926. The van der Waals surface area contributed by atoms with Crippen molar-refractivity contribution in [3.8, 4) is 11.1 Å². The van der Waals surface area contributed by atoms with E-state index in [-0.39, 0.29) is 26.2 Å². The molecule has 0 nitrogen and oxygen atoms in total. The topological polar surface area (TPSA) is 0 Å². The average Bonchev–Trinajstić information content (AvgIpc) is 2.97. The van der Waals surface area contributed by atoms with Gasteiger partial charge in [-0.05, 0) is 22.8 Å². The van der Waals surface area contributed by atoms with E-state index in [4.69, 9.17) is 0 Å². The Kier molecular flexibility index (Phi) is 4.36. The van der Waals surface area contributed by atoms with Crippen LogP contribution in [-0.4, -0.2) is 0 Å². The van der Waals surface area contributed by atoms with Crippen molar-refractivity contribution >= 4 is 21.5 Å². The summed E-state index contributed by atoms with van der Waals surface area (Å²) in [5, 5.41) is 5.34. The molecule has 4 aromatic rings. The normalized spacial score (nSPS) is 10.8. The summed E-state index contributed by atoms with van der Waals surface area (Å²) in [6, 6.07) is 26.5. The minimum Gasteiger partial charge on any atom is -0.164 e. The molecule has 0 fully saturated rings. The summed E-state index contributed by atoms with van der Waals surface area (Å²) < 4.78 is 0. The van der Waals surface area contributed by atoms with Crippen molar-refractivity contribution in [2.24, 2.45) is 0 Å². The first-order valence-corrected chi connectivity index (χ1v) is 7.53. The summed E-state index contributed by atoms with van der Waals surface area (Å²) in [7, 11) is 0. The summed E-state index contributed by atoms with van der Waals surface area (Å²) >= 11 is 0.